The molecular formula is C18H24N2O8. The van der Waals surface area contributed by atoms with E-state index < -0.39 is 42.4 Å². The van der Waals surface area contributed by atoms with Gasteiger partial charge in [0, 0.05) is 25.3 Å². The van der Waals surface area contributed by atoms with Crippen molar-refractivity contribution in [3.63, 3.8) is 0 Å². The number of carbonyl (C=O) groups is 4. The third-order valence-electron chi connectivity index (χ3n) is 3.91. The Kier molecular flexibility index (Phi) is 8.89. The largest absolute Gasteiger partial charge is 0.508 e. The lowest BCUT2D eigenvalue weighted by molar-refractivity contribution is -0.145. The Bertz CT molecular complexity index is 734. The van der Waals surface area contributed by atoms with Crippen LogP contribution in [0.2, 0.25) is 0 Å². The number of methoxy groups -OCH3 is 1. The van der Waals surface area contributed by atoms with E-state index in [-0.39, 0.29) is 30.6 Å². The van der Waals surface area contributed by atoms with E-state index in [0.29, 0.717) is 5.56 Å². The number of esters is 1. The summed E-state index contributed by atoms with van der Waals surface area (Å²) in [4.78, 5) is 46.2. The number of carbonyl (C=O) groups excluding carboxylic acids is 3. The van der Waals surface area contributed by atoms with Crippen molar-refractivity contribution in [1.29, 1.82) is 0 Å². The van der Waals surface area contributed by atoms with Gasteiger partial charge in [0.25, 0.3) is 0 Å². The number of carboxylic acids is 1. The van der Waals surface area contributed by atoms with Crippen LogP contribution in [0.15, 0.2) is 18.2 Å². The number of hydrogen-bond acceptors (Lipinski definition) is 7. The van der Waals surface area contributed by atoms with Gasteiger partial charge < -0.3 is 30.7 Å². The molecule has 0 bridgehead atoms. The first-order chi connectivity index (χ1) is 13.2. The number of aliphatic hydroxyl groups is 1. The molecule has 0 aliphatic carbocycles. The molecule has 154 valence electrons. The zero-order valence-electron chi connectivity index (χ0n) is 15.6. The number of phenols is 1. The van der Waals surface area contributed by atoms with Gasteiger partial charge in [0.05, 0.1) is 13.7 Å². The van der Waals surface area contributed by atoms with E-state index in [1.807, 2.05) is 0 Å². The van der Waals surface area contributed by atoms with E-state index in [9.17, 15) is 29.4 Å². The molecule has 10 nitrogen and oxygen atoms in total. The molecule has 1 rings (SSSR count). The van der Waals surface area contributed by atoms with Gasteiger partial charge in [-0.15, -0.1) is 0 Å². The quantitative estimate of drug-likeness (QED) is 0.329. The summed E-state index contributed by atoms with van der Waals surface area (Å²) in [5.41, 5.74) is 0.839. The Labute approximate surface area is 161 Å². The molecule has 0 saturated carbocycles. The van der Waals surface area contributed by atoms with Crippen LogP contribution >= 0.6 is 0 Å². The summed E-state index contributed by atoms with van der Waals surface area (Å²) in [6.45, 7) is 0.774. The predicted molar refractivity (Wildman–Crippen MR) is 96.2 cm³/mol. The van der Waals surface area contributed by atoms with Crippen LogP contribution in [-0.4, -0.2) is 58.3 Å². The molecular weight excluding hydrogens is 372 g/mol. The minimum absolute atomic E-state index is 0.0414. The molecule has 0 aliphatic heterocycles. The number of ether oxygens (including phenoxy) is 1. The van der Waals surface area contributed by atoms with Crippen LogP contribution in [0, 0.1) is 0 Å². The maximum absolute atomic E-state index is 12.1. The average Bonchev–Trinajstić information content (AvgIpc) is 2.64. The van der Waals surface area contributed by atoms with Gasteiger partial charge in [-0.05, 0) is 24.1 Å². The number of nitrogens with one attached hydrogen (secondary N) is 2. The van der Waals surface area contributed by atoms with Crippen molar-refractivity contribution >= 4 is 23.8 Å². The van der Waals surface area contributed by atoms with Gasteiger partial charge in [-0.25, -0.2) is 9.59 Å². The van der Waals surface area contributed by atoms with Crippen molar-refractivity contribution in [3.8, 4) is 5.75 Å². The lowest BCUT2D eigenvalue weighted by Gasteiger charge is -2.18. The molecule has 0 heterocycles. The van der Waals surface area contributed by atoms with E-state index in [2.05, 4.69) is 15.4 Å². The number of aliphatic hydroxyl groups excluding tert-OH is 1. The topological polar surface area (TPSA) is 162 Å². The lowest BCUT2D eigenvalue weighted by atomic mass is 10.0. The normalized spacial score (nSPS) is 12.5. The van der Waals surface area contributed by atoms with E-state index in [4.69, 9.17) is 5.11 Å². The maximum atomic E-state index is 12.1. The fourth-order valence-electron chi connectivity index (χ4n) is 2.51. The summed E-state index contributed by atoms with van der Waals surface area (Å²) in [5, 5.41) is 32.5. The molecule has 1 aromatic carbocycles. The molecule has 0 aromatic heterocycles. The first kappa shape index (κ1) is 22.9. The van der Waals surface area contributed by atoms with Crippen molar-refractivity contribution in [2.75, 3.05) is 7.11 Å². The van der Waals surface area contributed by atoms with Gasteiger partial charge in [0.1, 0.15) is 17.8 Å². The predicted octanol–water partition coefficient (Wildman–Crippen LogP) is -0.546. The van der Waals surface area contributed by atoms with Crippen LogP contribution in [0.5, 0.6) is 5.75 Å². The van der Waals surface area contributed by atoms with Crippen molar-refractivity contribution in [1.82, 2.24) is 10.6 Å². The Morgan fingerprint density at radius 3 is 2.36 bits per heavy atom. The third-order valence-corrected chi connectivity index (χ3v) is 3.91. The Hall–Kier alpha value is -3.14. The van der Waals surface area contributed by atoms with Crippen molar-refractivity contribution < 1.29 is 39.2 Å². The highest BCUT2D eigenvalue weighted by Gasteiger charge is 2.24. The summed E-state index contributed by atoms with van der Waals surface area (Å²) in [7, 11) is 1.16. The van der Waals surface area contributed by atoms with Crippen LogP contribution in [0.4, 0.5) is 0 Å². The first-order valence-corrected chi connectivity index (χ1v) is 8.46. The molecule has 10 heteroatoms. The second-order valence-corrected chi connectivity index (χ2v) is 6.10. The van der Waals surface area contributed by atoms with Gasteiger partial charge in [-0.2, -0.15) is 0 Å². The smallest absolute Gasteiger partial charge is 0.328 e. The zero-order valence-corrected chi connectivity index (χ0v) is 15.6. The van der Waals surface area contributed by atoms with Gasteiger partial charge >= 0.3 is 11.9 Å². The summed E-state index contributed by atoms with van der Waals surface area (Å²) in [6.07, 6.45) is -0.343. The van der Waals surface area contributed by atoms with E-state index in [1.165, 1.54) is 25.1 Å². The second kappa shape index (κ2) is 10.9. The Balaban J connectivity index is 2.78. The first-order valence-electron chi connectivity index (χ1n) is 8.46. The number of carboxylic acid groups (broad SMARTS) is 1. The SMILES string of the molecule is COC(=O)[C@H](Cc1ccc(O)c(CO)c1)NC(=O)CCC(NC(C)=O)C(=O)O. The summed E-state index contributed by atoms with van der Waals surface area (Å²) < 4.78 is 4.68. The molecule has 0 saturated heterocycles. The van der Waals surface area contributed by atoms with Crippen LogP contribution in [0.1, 0.15) is 30.9 Å². The number of rotatable bonds is 10. The van der Waals surface area contributed by atoms with Crippen molar-refractivity contribution in [2.45, 2.75) is 44.9 Å². The van der Waals surface area contributed by atoms with Gasteiger partial charge in [0.15, 0.2) is 0 Å². The number of hydrogen-bond donors (Lipinski definition) is 5. The Morgan fingerprint density at radius 1 is 1.14 bits per heavy atom. The average molecular weight is 396 g/mol. The highest BCUT2D eigenvalue weighted by atomic mass is 16.5. The Morgan fingerprint density at radius 2 is 1.82 bits per heavy atom. The molecule has 2 atom stereocenters. The summed E-state index contributed by atoms with van der Waals surface area (Å²) >= 11 is 0. The molecule has 1 unspecified atom stereocenters. The van der Waals surface area contributed by atoms with E-state index >= 15 is 0 Å². The fraction of sp³-hybridized carbons (Fsp3) is 0.444. The summed E-state index contributed by atoms with van der Waals surface area (Å²) in [5.74, 6) is -3.19. The third kappa shape index (κ3) is 7.23. The minimum Gasteiger partial charge on any atom is -0.508 e. The van der Waals surface area contributed by atoms with Crippen LogP contribution < -0.4 is 10.6 Å². The molecule has 2 amide bonds. The standard InChI is InChI=1S/C18H24N2O8/c1-10(22)19-13(17(25)26)4-6-16(24)20-14(18(27)28-2)8-11-3-5-15(23)12(7-11)9-21/h3,5,7,13-14,21,23H,4,6,8-9H2,1-2H3,(H,19,22)(H,20,24)(H,25,26)/t13?,14-/m0/s1. The van der Waals surface area contributed by atoms with Crippen LogP contribution in [-0.2, 0) is 36.9 Å². The van der Waals surface area contributed by atoms with Crippen LogP contribution in [0.25, 0.3) is 0 Å². The molecule has 0 aliphatic rings. The highest BCUT2D eigenvalue weighted by Crippen LogP contribution is 2.19. The van der Waals surface area contributed by atoms with E-state index in [1.54, 1.807) is 0 Å². The number of aromatic hydroxyl groups is 1. The number of aliphatic carboxylic acids is 1. The van der Waals surface area contributed by atoms with Crippen molar-refractivity contribution in [3.05, 3.63) is 29.3 Å². The molecule has 1 aromatic rings. The molecule has 28 heavy (non-hydrogen) atoms. The monoisotopic (exact) mass is 396 g/mol. The van der Waals surface area contributed by atoms with E-state index in [0.717, 1.165) is 7.11 Å². The zero-order chi connectivity index (χ0) is 21.3. The molecule has 5 N–H and O–H groups in total. The van der Waals surface area contributed by atoms with Crippen molar-refractivity contribution in [2.24, 2.45) is 0 Å². The van der Waals surface area contributed by atoms with Gasteiger partial charge in [-0.1, -0.05) is 6.07 Å². The second-order valence-electron chi connectivity index (χ2n) is 6.10. The molecule has 0 radical (unpaired) electrons. The molecule has 0 spiro atoms. The summed E-state index contributed by atoms with van der Waals surface area (Å²) in [6, 6.07) is 2.13. The number of amides is 2. The maximum Gasteiger partial charge on any atom is 0.328 e. The fourth-order valence-corrected chi connectivity index (χ4v) is 2.51. The number of benzene rings is 1. The molecule has 0 fully saturated rings. The highest BCUT2D eigenvalue weighted by molar-refractivity contribution is 5.86. The van der Waals surface area contributed by atoms with Gasteiger partial charge in [-0.3, -0.25) is 9.59 Å². The lowest BCUT2D eigenvalue weighted by Crippen LogP contribution is -2.44. The minimum atomic E-state index is -1.27. The van der Waals surface area contributed by atoms with Gasteiger partial charge in [0.2, 0.25) is 11.8 Å². The van der Waals surface area contributed by atoms with Crippen LogP contribution in [0.3, 0.4) is 0 Å².